The number of aliphatic carboxylic acids is 1. The van der Waals surface area contributed by atoms with Crippen molar-refractivity contribution in [1.82, 2.24) is 9.88 Å². The van der Waals surface area contributed by atoms with Gasteiger partial charge in [0, 0.05) is 39.1 Å². The Morgan fingerprint density at radius 1 is 1.16 bits per heavy atom. The summed E-state index contributed by atoms with van der Waals surface area (Å²) in [5.41, 5.74) is 2.77. The molecule has 0 spiro atoms. The van der Waals surface area contributed by atoms with Crippen LogP contribution in [-0.2, 0) is 4.79 Å². The lowest BCUT2D eigenvalue weighted by atomic mass is 9.95. The fourth-order valence-electron chi connectivity index (χ4n) is 4.99. The van der Waals surface area contributed by atoms with Crippen LogP contribution in [0.15, 0.2) is 60.8 Å². The smallest absolute Gasteiger partial charge is 0.325 e. The molecule has 5 nitrogen and oxygen atoms in total. The van der Waals surface area contributed by atoms with Crippen molar-refractivity contribution < 1.29 is 14.6 Å². The number of carbonyl (C=O) groups is 1. The summed E-state index contributed by atoms with van der Waals surface area (Å²) < 4.78 is 5.55. The number of aromatic amines is 1. The number of carboxylic acid groups (broad SMARTS) is 1. The highest BCUT2D eigenvalue weighted by atomic mass is 35.5. The Bertz CT molecular complexity index is 1280. The van der Waals surface area contributed by atoms with Crippen molar-refractivity contribution in [3.63, 3.8) is 0 Å². The molecule has 1 aromatic heterocycles. The van der Waals surface area contributed by atoms with E-state index in [1.165, 1.54) is 0 Å². The van der Waals surface area contributed by atoms with Crippen LogP contribution in [0.4, 0.5) is 0 Å². The van der Waals surface area contributed by atoms with Gasteiger partial charge in [0.2, 0.25) is 0 Å². The van der Waals surface area contributed by atoms with Crippen LogP contribution >= 0.6 is 11.6 Å². The predicted molar refractivity (Wildman–Crippen MR) is 123 cm³/mol. The lowest BCUT2D eigenvalue weighted by Gasteiger charge is -2.31. The molecule has 1 aliphatic rings. The van der Waals surface area contributed by atoms with E-state index in [9.17, 15) is 9.90 Å². The maximum atomic E-state index is 12.5. The normalized spacial score (nSPS) is 17.9. The maximum Gasteiger partial charge on any atom is 0.325 e. The molecule has 1 fully saturated rings. The number of likely N-dealkylation sites (tertiary alicyclic amines) is 1. The summed E-state index contributed by atoms with van der Waals surface area (Å²) in [6, 6.07) is 17.0. The third kappa shape index (κ3) is 3.34. The number of carboxylic acids is 1. The zero-order valence-corrected chi connectivity index (χ0v) is 17.9. The van der Waals surface area contributed by atoms with Gasteiger partial charge in [-0.1, -0.05) is 41.9 Å². The second-order valence-corrected chi connectivity index (χ2v) is 8.41. The number of hydrogen-bond acceptors (Lipinski definition) is 3. The highest BCUT2D eigenvalue weighted by molar-refractivity contribution is 6.31. The maximum absolute atomic E-state index is 12.5. The first-order valence-corrected chi connectivity index (χ1v) is 10.8. The highest BCUT2D eigenvalue weighted by Gasteiger charge is 2.38. The molecule has 4 aromatic rings. The van der Waals surface area contributed by atoms with Gasteiger partial charge in [0.05, 0.1) is 7.11 Å². The third-order valence-corrected chi connectivity index (χ3v) is 6.56. The minimum Gasteiger partial charge on any atom is -0.496 e. The van der Waals surface area contributed by atoms with Crippen LogP contribution in [0.2, 0.25) is 5.02 Å². The van der Waals surface area contributed by atoms with E-state index in [1.807, 2.05) is 42.5 Å². The van der Waals surface area contributed by atoms with Gasteiger partial charge >= 0.3 is 5.97 Å². The molecular weight excluding hydrogens is 412 g/mol. The van der Waals surface area contributed by atoms with Crippen LogP contribution in [0.1, 0.15) is 36.1 Å². The molecule has 1 saturated heterocycles. The summed E-state index contributed by atoms with van der Waals surface area (Å²) in [7, 11) is 1.67. The molecule has 1 aliphatic heterocycles. The van der Waals surface area contributed by atoms with Gasteiger partial charge in [-0.3, -0.25) is 9.69 Å². The van der Waals surface area contributed by atoms with E-state index < -0.39 is 12.0 Å². The number of fused-ring (bicyclic) bond motifs is 2. The van der Waals surface area contributed by atoms with Crippen molar-refractivity contribution in [2.24, 2.45) is 0 Å². The van der Waals surface area contributed by atoms with Crippen molar-refractivity contribution in [1.29, 1.82) is 0 Å². The first kappa shape index (κ1) is 19.9. The van der Waals surface area contributed by atoms with E-state index >= 15 is 0 Å². The number of nitrogens with zero attached hydrogens (tertiary/aromatic N) is 1. The number of H-pyrrole nitrogens is 1. The third-order valence-electron chi connectivity index (χ3n) is 6.33. The number of nitrogens with one attached hydrogen (secondary N) is 1. The lowest BCUT2D eigenvalue weighted by Crippen LogP contribution is -2.33. The Hall–Kier alpha value is -3.02. The minimum absolute atomic E-state index is 0.000963. The fourth-order valence-corrected chi connectivity index (χ4v) is 5.16. The van der Waals surface area contributed by atoms with Crippen LogP contribution < -0.4 is 4.74 Å². The number of methoxy groups -OCH3 is 1. The molecule has 0 bridgehead atoms. The quantitative estimate of drug-likeness (QED) is 0.407. The van der Waals surface area contributed by atoms with Gasteiger partial charge in [-0.05, 0) is 54.6 Å². The molecule has 2 heterocycles. The minimum atomic E-state index is -0.856. The largest absolute Gasteiger partial charge is 0.496 e. The van der Waals surface area contributed by atoms with Gasteiger partial charge in [0.25, 0.3) is 0 Å². The Labute approximate surface area is 185 Å². The number of ether oxygens (including phenoxy) is 1. The zero-order chi connectivity index (χ0) is 21.5. The molecule has 0 saturated carbocycles. The average molecular weight is 435 g/mol. The van der Waals surface area contributed by atoms with E-state index in [0.29, 0.717) is 5.02 Å². The Balaban J connectivity index is 1.63. The van der Waals surface area contributed by atoms with Crippen molar-refractivity contribution >= 4 is 39.2 Å². The van der Waals surface area contributed by atoms with Gasteiger partial charge in [-0.15, -0.1) is 0 Å². The van der Waals surface area contributed by atoms with Gasteiger partial charge in [0.15, 0.2) is 0 Å². The zero-order valence-electron chi connectivity index (χ0n) is 17.1. The number of rotatable bonds is 5. The summed E-state index contributed by atoms with van der Waals surface area (Å²) in [6.45, 7) is 0.717. The second-order valence-electron chi connectivity index (χ2n) is 7.97. The summed E-state index contributed by atoms with van der Waals surface area (Å²) in [5.74, 6) is -0.0319. The van der Waals surface area contributed by atoms with E-state index in [4.69, 9.17) is 16.3 Å². The first-order valence-electron chi connectivity index (χ1n) is 10.4. The molecule has 31 heavy (non-hydrogen) atoms. The summed E-state index contributed by atoms with van der Waals surface area (Å²) in [6.07, 6.45) is 3.66. The van der Waals surface area contributed by atoms with Gasteiger partial charge in [-0.25, -0.2) is 0 Å². The summed E-state index contributed by atoms with van der Waals surface area (Å²) in [5, 5.41) is 13.9. The Morgan fingerprint density at radius 3 is 2.74 bits per heavy atom. The van der Waals surface area contributed by atoms with Crippen LogP contribution in [-0.4, -0.2) is 34.6 Å². The van der Waals surface area contributed by atoms with E-state index in [2.05, 4.69) is 22.0 Å². The Kier molecular flexibility index (Phi) is 5.08. The standard InChI is InChI=1S/C25H23ClN2O3/c1-31-23-11-9-17(16-5-2-3-6-18(16)23)22-7-4-12-28(22)24(25(29)30)20-14-27-21-10-8-15(26)13-19(20)21/h2-3,5-6,8-11,13-14,22,24,27H,4,7,12H2,1H3,(H,29,30)/t22-,24+/m0/s1. The van der Waals surface area contributed by atoms with Gasteiger partial charge in [-0.2, -0.15) is 0 Å². The molecule has 158 valence electrons. The number of hydrogen-bond donors (Lipinski definition) is 2. The molecular formula is C25H23ClN2O3. The highest BCUT2D eigenvalue weighted by Crippen LogP contribution is 2.44. The molecule has 5 rings (SSSR count). The van der Waals surface area contributed by atoms with Gasteiger partial charge in [0.1, 0.15) is 11.8 Å². The molecule has 0 aliphatic carbocycles. The van der Waals surface area contributed by atoms with Crippen molar-refractivity contribution in [3.05, 3.63) is 76.9 Å². The predicted octanol–water partition coefficient (Wildman–Crippen LogP) is 5.95. The molecule has 2 atom stereocenters. The first-order chi connectivity index (χ1) is 15.1. The fraction of sp³-hybridized carbons (Fsp3) is 0.240. The topological polar surface area (TPSA) is 65.6 Å². The molecule has 6 heteroatoms. The lowest BCUT2D eigenvalue weighted by molar-refractivity contribution is -0.144. The summed E-state index contributed by atoms with van der Waals surface area (Å²) >= 11 is 6.22. The average Bonchev–Trinajstić information content (AvgIpc) is 3.41. The number of aromatic nitrogens is 1. The van der Waals surface area contributed by atoms with Crippen molar-refractivity contribution in [3.8, 4) is 5.75 Å². The van der Waals surface area contributed by atoms with Crippen molar-refractivity contribution in [2.45, 2.75) is 24.9 Å². The van der Waals surface area contributed by atoms with Crippen LogP contribution in [0, 0.1) is 0 Å². The van der Waals surface area contributed by atoms with E-state index in [0.717, 1.165) is 57.9 Å². The molecule has 2 N–H and O–H groups in total. The van der Waals surface area contributed by atoms with Gasteiger partial charge < -0.3 is 14.8 Å². The molecule has 3 aromatic carbocycles. The van der Waals surface area contributed by atoms with E-state index in [-0.39, 0.29) is 6.04 Å². The number of halogens is 1. The van der Waals surface area contributed by atoms with Crippen molar-refractivity contribution in [2.75, 3.05) is 13.7 Å². The monoisotopic (exact) mass is 434 g/mol. The second kappa shape index (κ2) is 7.91. The van der Waals surface area contributed by atoms with Crippen LogP contribution in [0.5, 0.6) is 5.75 Å². The number of benzene rings is 3. The summed E-state index contributed by atoms with van der Waals surface area (Å²) in [4.78, 5) is 17.9. The van der Waals surface area contributed by atoms with E-state index in [1.54, 1.807) is 13.3 Å². The van der Waals surface area contributed by atoms with Crippen LogP contribution in [0.25, 0.3) is 21.7 Å². The molecule has 0 radical (unpaired) electrons. The SMILES string of the molecule is COc1ccc([C@@H]2CCCN2[C@@H](C(=O)O)c2c[nH]c3ccc(Cl)cc23)c2ccccc12. The van der Waals surface area contributed by atoms with Crippen LogP contribution in [0.3, 0.4) is 0 Å². The molecule has 0 unspecified atom stereocenters. The Morgan fingerprint density at radius 2 is 1.97 bits per heavy atom. The molecule has 0 amide bonds.